The van der Waals surface area contributed by atoms with Crippen molar-refractivity contribution in [3.05, 3.63) is 0 Å². The van der Waals surface area contributed by atoms with Crippen molar-refractivity contribution in [3.8, 4) is 0 Å². The Kier molecular flexibility index (Phi) is 31.8. The molecule has 52 heavy (non-hydrogen) atoms. The topological polar surface area (TPSA) is 190 Å². The molecule has 0 aromatic rings. The summed E-state index contributed by atoms with van der Waals surface area (Å²) in [5, 5.41) is 61.5. The average molecular weight is 743 g/mol. The number of aliphatic hydroxyl groups is 6. The molecule has 0 amide bonds. The van der Waals surface area contributed by atoms with Crippen LogP contribution in [-0.2, 0) is 19.2 Å². The van der Waals surface area contributed by atoms with Gasteiger partial charge in [-0.05, 0) is 12.8 Å². The van der Waals surface area contributed by atoms with Crippen LogP contribution in [0.2, 0.25) is 0 Å². The van der Waals surface area contributed by atoms with Crippen LogP contribution >= 0.6 is 0 Å². The lowest BCUT2D eigenvalue weighted by molar-refractivity contribution is -0.175. The SMILES string of the molecule is CCCCCCCCCCCCCCCC(=O)C(O)C(O)C(O)(C(=O)CCCCCCCCCCCCCCC)C(=O)CCC(=O)C(O)C(O)CO. The number of hydrogen-bond acceptors (Lipinski definition) is 10. The molecule has 5 atom stereocenters. The van der Waals surface area contributed by atoms with E-state index in [1.54, 1.807) is 0 Å². The van der Waals surface area contributed by atoms with Gasteiger partial charge in [0.2, 0.25) is 5.60 Å². The summed E-state index contributed by atoms with van der Waals surface area (Å²) in [6, 6.07) is 0. The first-order valence-electron chi connectivity index (χ1n) is 21.2. The van der Waals surface area contributed by atoms with Gasteiger partial charge in [-0.15, -0.1) is 0 Å². The van der Waals surface area contributed by atoms with Gasteiger partial charge in [0.25, 0.3) is 0 Å². The Labute approximate surface area is 315 Å². The number of aliphatic hydroxyl groups excluding tert-OH is 5. The third kappa shape index (κ3) is 22.6. The molecule has 5 unspecified atom stereocenters. The van der Waals surface area contributed by atoms with Crippen LogP contribution in [0.3, 0.4) is 0 Å². The van der Waals surface area contributed by atoms with E-state index in [2.05, 4.69) is 13.8 Å². The predicted molar refractivity (Wildman–Crippen MR) is 206 cm³/mol. The fraction of sp³-hybridized carbons (Fsp3) is 0.905. The van der Waals surface area contributed by atoms with Crippen molar-refractivity contribution in [1.29, 1.82) is 0 Å². The predicted octanol–water partition coefficient (Wildman–Crippen LogP) is 7.17. The molecule has 0 aliphatic carbocycles. The summed E-state index contributed by atoms with van der Waals surface area (Å²) in [5.74, 6) is -4.08. The fourth-order valence-corrected chi connectivity index (χ4v) is 6.74. The normalized spacial score (nSPS) is 15.2. The Morgan fingerprint density at radius 2 is 0.731 bits per heavy atom. The van der Waals surface area contributed by atoms with E-state index in [-0.39, 0.29) is 12.8 Å². The van der Waals surface area contributed by atoms with Crippen molar-refractivity contribution in [2.24, 2.45) is 0 Å². The molecule has 0 aromatic heterocycles. The maximum absolute atomic E-state index is 13.3. The molecule has 0 saturated carbocycles. The van der Waals surface area contributed by atoms with Gasteiger partial charge in [-0.2, -0.15) is 0 Å². The van der Waals surface area contributed by atoms with Gasteiger partial charge in [-0.25, -0.2) is 0 Å². The lowest BCUT2D eigenvalue weighted by Crippen LogP contribution is -2.61. The highest BCUT2D eigenvalue weighted by Gasteiger charge is 2.52. The molecule has 0 aromatic carbocycles. The van der Waals surface area contributed by atoms with Crippen LogP contribution in [0.1, 0.15) is 206 Å². The molecule has 10 nitrogen and oxygen atoms in total. The van der Waals surface area contributed by atoms with E-state index in [4.69, 9.17) is 5.11 Å². The molecule has 0 rings (SSSR count). The van der Waals surface area contributed by atoms with Crippen LogP contribution in [-0.4, -0.2) is 90.4 Å². The molecule has 6 N–H and O–H groups in total. The summed E-state index contributed by atoms with van der Waals surface area (Å²) in [7, 11) is 0. The zero-order valence-corrected chi connectivity index (χ0v) is 33.0. The largest absolute Gasteiger partial charge is 0.394 e. The molecule has 0 fully saturated rings. The summed E-state index contributed by atoms with van der Waals surface area (Å²) >= 11 is 0. The Morgan fingerprint density at radius 1 is 0.423 bits per heavy atom. The minimum atomic E-state index is -3.12. The highest BCUT2D eigenvalue weighted by atomic mass is 16.4. The lowest BCUT2D eigenvalue weighted by atomic mass is 9.79. The molecule has 0 saturated heterocycles. The summed E-state index contributed by atoms with van der Waals surface area (Å²) in [4.78, 5) is 51.7. The maximum atomic E-state index is 13.3. The summed E-state index contributed by atoms with van der Waals surface area (Å²) < 4.78 is 0. The Morgan fingerprint density at radius 3 is 1.10 bits per heavy atom. The number of carbonyl (C=O) groups excluding carboxylic acids is 4. The molecule has 0 aliphatic rings. The number of Topliss-reactive ketones (excluding diaryl/α,β-unsaturated/α-hetero) is 4. The van der Waals surface area contributed by atoms with E-state index in [1.807, 2.05) is 0 Å². The van der Waals surface area contributed by atoms with Gasteiger partial charge < -0.3 is 30.6 Å². The fourth-order valence-electron chi connectivity index (χ4n) is 6.74. The van der Waals surface area contributed by atoms with Crippen molar-refractivity contribution in [2.45, 2.75) is 236 Å². The van der Waals surface area contributed by atoms with Crippen LogP contribution in [0.5, 0.6) is 0 Å². The van der Waals surface area contributed by atoms with Crippen LogP contribution in [0.4, 0.5) is 0 Å². The van der Waals surface area contributed by atoms with Gasteiger partial charge in [0.15, 0.2) is 23.1 Å². The Balaban J connectivity index is 4.92. The zero-order chi connectivity index (χ0) is 39.0. The summed E-state index contributed by atoms with van der Waals surface area (Å²) in [6.45, 7) is 3.53. The van der Waals surface area contributed by atoms with E-state index in [1.165, 1.54) is 96.3 Å². The van der Waals surface area contributed by atoms with Gasteiger partial charge in [0.1, 0.15) is 24.4 Å². The van der Waals surface area contributed by atoms with E-state index in [0.29, 0.717) is 19.3 Å². The average Bonchev–Trinajstić information content (AvgIpc) is 3.15. The van der Waals surface area contributed by atoms with Gasteiger partial charge in [-0.1, -0.05) is 168 Å². The third-order valence-electron chi connectivity index (χ3n) is 10.4. The third-order valence-corrected chi connectivity index (χ3v) is 10.4. The molecular formula is C42H78O10. The van der Waals surface area contributed by atoms with Crippen LogP contribution in [0.15, 0.2) is 0 Å². The second kappa shape index (κ2) is 32.8. The molecule has 0 spiro atoms. The molecule has 0 heterocycles. The van der Waals surface area contributed by atoms with Crippen LogP contribution in [0.25, 0.3) is 0 Å². The van der Waals surface area contributed by atoms with Crippen molar-refractivity contribution < 1.29 is 49.8 Å². The highest BCUT2D eigenvalue weighted by molar-refractivity contribution is 6.12. The molecule has 0 aliphatic heterocycles. The maximum Gasteiger partial charge on any atom is 0.210 e. The first-order chi connectivity index (χ1) is 25.0. The van der Waals surface area contributed by atoms with Gasteiger partial charge >= 0.3 is 0 Å². The smallest absolute Gasteiger partial charge is 0.210 e. The second-order valence-electron chi connectivity index (χ2n) is 15.1. The minimum absolute atomic E-state index is 0.0863. The van der Waals surface area contributed by atoms with E-state index in [9.17, 15) is 44.7 Å². The summed E-state index contributed by atoms with van der Waals surface area (Å²) in [5.41, 5.74) is -3.12. The monoisotopic (exact) mass is 743 g/mol. The van der Waals surface area contributed by atoms with Crippen LogP contribution in [0, 0.1) is 0 Å². The summed E-state index contributed by atoms with van der Waals surface area (Å²) in [6.07, 6.45) is 18.2. The Hall–Kier alpha value is -1.56. The molecule has 0 radical (unpaired) electrons. The number of carbonyl (C=O) groups is 4. The molecule has 306 valence electrons. The van der Waals surface area contributed by atoms with Gasteiger partial charge in [0.05, 0.1) is 6.61 Å². The number of hydrogen-bond donors (Lipinski definition) is 6. The standard InChI is InChI=1S/C42H78O10/c1-3-5-7-9-11-13-15-17-19-21-23-25-27-29-34(44)40(50)41(51)42(52,38(48)32-31-35(45)39(49)36(46)33-43)37(47)30-28-26-24-22-20-18-16-14-12-10-8-6-4-2/h36,39-41,43,46,49-52H,3-33H2,1-2H3. The molecule has 0 bridgehead atoms. The van der Waals surface area contributed by atoms with E-state index >= 15 is 0 Å². The number of ketones is 4. The first-order valence-corrected chi connectivity index (χ1v) is 21.2. The Bertz CT molecular complexity index is 924. The first kappa shape index (κ1) is 50.4. The van der Waals surface area contributed by atoms with Crippen molar-refractivity contribution in [3.63, 3.8) is 0 Å². The van der Waals surface area contributed by atoms with Gasteiger partial charge in [-0.3, -0.25) is 19.2 Å². The number of unbranched alkanes of at least 4 members (excludes halogenated alkanes) is 24. The van der Waals surface area contributed by atoms with Gasteiger partial charge in [0, 0.05) is 25.7 Å². The lowest BCUT2D eigenvalue weighted by Gasteiger charge is -2.32. The van der Waals surface area contributed by atoms with Crippen LogP contribution < -0.4 is 0 Å². The second-order valence-corrected chi connectivity index (χ2v) is 15.1. The van der Waals surface area contributed by atoms with Crippen molar-refractivity contribution >= 4 is 23.1 Å². The molecule has 10 heteroatoms. The van der Waals surface area contributed by atoms with Crippen molar-refractivity contribution in [2.75, 3.05) is 6.61 Å². The quantitative estimate of drug-likeness (QED) is 0.0278. The highest BCUT2D eigenvalue weighted by Crippen LogP contribution is 2.25. The molecular weight excluding hydrogens is 664 g/mol. The zero-order valence-electron chi connectivity index (χ0n) is 33.0. The van der Waals surface area contributed by atoms with E-state index < -0.39 is 72.6 Å². The number of rotatable bonds is 39. The minimum Gasteiger partial charge on any atom is -0.394 e. The van der Waals surface area contributed by atoms with Crippen molar-refractivity contribution in [1.82, 2.24) is 0 Å². The van der Waals surface area contributed by atoms with E-state index in [0.717, 1.165) is 51.4 Å².